The van der Waals surface area contributed by atoms with Gasteiger partial charge in [0.15, 0.2) is 5.82 Å². The van der Waals surface area contributed by atoms with E-state index in [9.17, 15) is 4.39 Å². The molecule has 3 aromatic rings. The summed E-state index contributed by atoms with van der Waals surface area (Å²) in [6, 6.07) is 8.18. The lowest BCUT2D eigenvalue weighted by Crippen LogP contribution is -2.19. The predicted molar refractivity (Wildman–Crippen MR) is 102 cm³/mol. The van der Waals surface area contributed by atoms with Crippen LogP contribution in [0.25, 0.3) is 5.69 Å². The van der Waals surface area contributed by atoms with E-state index in [1.165, 1.54) is 12.1 Å². The quantitative estimate of drug-likeness (QED) is 0.524. The van der Waals surface area contributed by atoms with Crippen molar-refractivity contribution in [2.45, 2.75) is 24.5 Å². The van der Waals surface area contributed by atoms with E-state index in [-0.39, 0.29) is 5.82 Å². The Balaban J connectivity index is 1.61. The monoisotopic (exact) mass is 371 g/mol. The number of nitrogens with two attached hydrogens (primary N) is 1. The first-order valence-corrected chi connectivity index (χ1v) is 9.03. The molecule has 2 aromatic heterocycles. The number of aryl methyl sites for hydroxylation is 1. The zero-order chi connectivity index (χ0) is 18.3. The standard InChI is InChI=1S/C17H18FN7S/c1-9-13(10(2)25(23-9)12-5-3-11(18)4-6-12)8-26-14-7-15(19)20-17-16(14)21-24-22-17/h3-7,21,24H,8H2,1-2H3,(H3,19,20,22). The second-order valence-corrected chi connectivity index (χ2v) is 6.99. The van der Waals surface area contributed by atoms with Gasteiger partial charge in [0.05, 0.1) is 11.4 Å². The predicted octanol–water partition coefficient (Wildman–Crippen LogP) is 3.15. The first-order chi connectivity index (χ1) is 12.5. The van der Waals surface area contributed by atoms with E-state index < -0.39 is 0 Å². The summed E-state index contributed by atoms with van der Waals surface area (Å²) in [4.78, 5) is 5.24. The summed E-state index contributed by atoms with van der Waals surface area (Å²) in [5.74, 6) is 1.61. The summed E-state index contributed by atoms with van der Waals surface area (Å²) in [5.41, 5.74) is 19.5. The molecule has 0 fully saturated rings. The Kier molecular flexibility index (Phi) is 4.17. The summed E-state index contributed by atoms with van der Waals surface area (Å²) in [5, 5.41) is 4.62. The Hall–Kier alpha value is -2.78. The number of nitrogen functional groups attached to an aromatic ring is 1. The van der Waals surface area contributed by atoms with Crippen LogP contribution >= 0.6 is 11.8 Å². The highest BCUT2D eigenvalue weighted by Gasteiger charge is 2.19. The molecule has 0 aliphatic carbocycles. The Bertz CT molecular complexity index is 968. The summed E-state index contributed by atoms with van der Waals surface area (Å²) in [6.45, 7) is 4.00. The van der Waals surface area contributed by atoms with Crippen molar-refractivity contribution in [3.05, 3.63) is 53.1 Å². The van der Waals surface area contributed by atoms with Crippen LogP contribution in [0.15, 0.2) is 35.2 Å². The van der Waals surface area contributed by atoms with Gasteiger partial charge < -0.3 is 5.73 Å². The van der Waals surface area contributed by atoms with Crippen LogP contribution in [0.5, 0.6) is 0 Å². The topological polar surface area (TPSA) is 92.8 Å². The Morgan fingerprint density at radius 2 is 1.96 bits per heavy atom. The second-order valence-electron chi connectivity index (χ2n) is 5.97. The fourth-order valence-electron chi connectivity index (χ4n) is 2.89. The molecular formula is C17H18FN7S. The third-order valence-electron chi connectivity index (χ3n) is 4.26. The van der Waals surface area contributed by atoms with Crippen molar-refractivity contribution in [2.24, 2.45) is 0 Å². The van der Waals surface area contributed by atoms with Crippen molar-refractivity contribution >= 4 is 29.1 Å². The minimum absolute atomic E-state index is 0.259. The number of halogens is 1. The number of hydrazine groups is 2. The highest BCUT2D eigenvalue weighted by atomic mass is 32.2. The van der Waals surface area contributed by atoms with Crippen molar-refractivity contribution in [3.8, 4) is 5.69 Å². The maximum absolute atomic E-state index is 13.2. The third-order valence-corrected chi connectivity index (χ3v) is 5.32. The number of fused-ring (bicyclic) bond motifs is 1. The van der Waals surface area contributed by atoms with Gasteiger partial charge >= 0.3 is 0 Å². The number of aromatic nitrogens is 3. The normalized spacial score (nSPS) is 12.6. The van der Waals surface area contributed by atoms with Crippen LogP contribution in [-0.4, -0.2) is 14.8 Å². The molecule has 26 heavy (non-hydrogen) atoms. The second kappa shape index (κ2) is 6.50. The number of thioether (sulfide) groups is 1. The van der Waals surface area contributed by atoms with E-state index in [4.69, 9.17) is 5.73 Å². The molecule has 0 atom stereocenters. The number of rotatable bonds is 4. The van der Waals surface area contributed by atoms with Crippen LogP contribution in [0, 0.1) is 19.7 Å². The zero-order valence-corrected chi connectivity index (χ0v) is 15.1. The van der Waals surface area contributed by atoms with Crippen molar-refractivity contribution in [3.63, 3.8) is 0 Å². The summed E-state index contributed by atoms with van der Waals surface area (Å²) in [7, 11) is 0. The van der Waals surface area contributed by atoms with Gasteiger partial charge in [-0.25, -0.2) is 14.1 Å². The zero-order valence-electron chi connectivity index (χ0n) is 14.3. The third kappa shape index (κ3) is 2.95. The van der Waals surface area contributed by atoms with Crippen LogP contribution in [-0.2, 0) is 5.75 Å². The first-order valence-electron chi connectivity index (χ1n) is 8.04. The number of pyridine rings is 1. The van der Waals surface area contributed by atoms with Crippen molar-refractivity contribution in [1.82, 2.24) is 20.3 Å². The van der Waals surface area contributed by atoms with Crippen LogP contribution < -0.4 is 22.1 Å². The SMILES string of the molecule is Cc1nn(-c2ccc(F)cc2)c(C)c1CSc1cc(N)nc2c1NNN2. The molecule has 9 heteroatoms. The molecule has 5 N–H and O–H groups in total. The number of hydrogen-bond donors (Lipinski definition) is 4. The first kappa shape index (κ1) is 16.7. The number of benzene rings is 1. The number of nitrogens with zero attached hydrogens (tertiary/aromatic N) is 3. The minimum Gasteiger partial charge on any atom is -0.384 e. The number of anilines is 3. The van der Waals surface area contributed by atoms with Crippen LogP contribution in [0.4, 0.5) is 21.7 Å². The molecule has 0 amide bonds. The minimum atomic E-state index is -0.259. The van der Waals surface area contributed by atoms with E-state index in [1.807, 2.05) is 24.6 Å². The molecule has 3 heterocycles. The van der Waals surface area contributed by atoms with Crippen LogP contribution in [0.1, 0.15) is 17.0 Å². The average molecular weight is 371 g/mol. The molecule has 1 aromatic carbocycles. The smallest absolute Gasteiger partial charge is 0.169 e. The lowest BCUT2D eigenvalue weighted by atomic mass is 10.2. The lowest BCUT2D eigenvalue weighted by molar-refractivity contribution is 0.627. The molecule has 0 radical (unpaired) electrons. The van der Waals surface area contributed by atoms with Gasteiger partial charge in [0.25, 0.3) is 0 Å². The van der Waals surface area contributed by atoms with Gasteiger partial charge in [-0.3, -0.25) is 10.9 Å². The summed E-state index contributed by atoms with van der Waals surface area (Å²) in [6.07, 6.45) is 0. The van der Waals surface area contributed by atoms with Gasteiger partial charge in [0.1, 0.15) is 17.3 Å². The van der Waals surface area contributed by atoms with Gasteiger partial charge in [0, 0.05) is 21.9 Å². The van der Waals surface area contributed by atoms with E-state index in [0.717, 1.165) is 39.0 Å². The van der Waals surface area contributed by atoms with Crippen LogP contribution in [0.2, 0.25) is 0 Å². The molecule has 0 spiro atoms. The maximum Gasteiger partial charge on any atom is 0.169 e. The molecule has 4 rings (SSSR count). The number of nitrogens with one attached hydrogen (secondary N) is 3. The van der Waals surface area contributed by atoms with Gasteiger partial charge in [0.2, 0.25) is 0 Å². The van der Waals surface area contributed by atoms with Crippen LogP contribution in [0.3, 0.4) is 0 Å². The van der Waals surface area contributed by atoms with Gasteiger partial charge in [-0.2, -0.15) is 5.10 Å². The largest absolute Gasteiger partial charge is 0.384 e. The van der Waals surface area contributed by atoms with E-state index in [0.29, 0.717) is 11.6 Å². The fourth-order valence-corrected chi connectivity index (χ4v) is 4.10. The molecule has 0 bridgehead atoms. The summed E-state index contributed by atoms with van der Waals surface area (Å²) < 4.78 is 15.0. The van der Waals surface area contributed by atoms with Crippen molar-refractivity contribution in [1.29, 1.82) is 0 Å². The highest BCUT2D eigenvalue weighted by molar-refractivity contribution is 7.98. The van der Waals surface area contributed by atoms with Gasteiger partial charge in [-0.05, 0) is 44.2 Å². The molecule has 1 aliphatic heterocycles. The number of hydrogen-bond acceptors (Lipinski definition) is 7. The fraction of sp³-hybridized carbons (Fsp3) is 0.176. The average Bonchev–Trinajstić information content (AvgIpc) is 3.18. The highest BCUT2D eigenvalue weighted by Crippen LogP contribution is 2.37. The molecule has 0 saturated heterocycles. The molecule has 0 unspecified atom stereocenters. The van der Waals surface area contributed by atoms with E-state index in [1.54, 1.807) is 23.9 Å². The lowest BCUT2D eigenvalue weighted by Gasteiger charge is -2.08. The molecule has 134 valence electrons. The van der Waals surface area contributed by atoms with Gasteiger partial charge in [-0.15, -0.1) is 17.3 Å². The molecule has 1 aliphatic rings. The Morgan fingerprint density at radius 1 is 1.19 bits per heavy atom. The summed E-state index contributed by atoms with van der Waals surface area (Å²) >= 11 is 1.66. The van der Waals surface area contributed by atoms with Crippen molar-refractivity contribution < 1.29 is 4.39 Å². The Morgan fingerprint density at radius 3 is 2.73 bits per heavy atom. The Labute approximate surface area is 154 Å². The molecular weight excluding hydrogens is 353 g/mol. The van der Waals surface area contributed by atoms with E-state index >= 15 is 0 Å². The maximum atomic E-state index is 13.2. The molecule has 7 nitrogen and oxygen atoms in total. The van der Waals surface area contributed by atoms with Crippen molar-refractivity contribution in [2.75, 3.05) is 16.6 Å². The molecule has 0 saturated carbocycles. The van der Waals surface area contributed by atoms with Gasteiger partial charge in [-0.1, -0.05) is 0 Å². The van der Waals surface area contributed by atoms with E-state index in [2.05, 4.69) is 26.5 Å².